The maximum absolute atomic E-state index is 11.5. The molecule has 0 amide bonds. The second-order valence-electron chi connectivity index (χ2n) is 5.68. The van der Waals surface area contributed by atoms with Gasteiger partial charge in [-0.3, -0.25) is 24.0 Å². The second kappa shape index (κ2) is 9.86. The van der Waals surface area contributed by atoms with E-state index in [2.05, 4.69) is 0 Å². The Morgan fingerprint density at radius 3 is 1.70 bits per heavy atom. The Kier molecular flexibility index (Phi) is 8.16. The van der Waals surface area contributed by atoms with Crippen molar-refractivity contribution in [1.82, 2.24) is 0 Å². The Hall–Kier alpha value is -2.69. The van der Waals surface area contributed by atoms with Gasteiger partial charge in [-0.1, -0.05) is 0 Å². The van der Waals surface area contributed by atoms with E-state index >= 15 is 0 Å². The summed E-state index contributed by atoms with van der Waals surface area (Å²) in [5.41, 5.74) is 0. The van der Waals surface area contributed by atoms with Crippen LogP contribution in [0.15, 0.2) is 0 Å². The molecule has 1 fully saturated rings. The first kappa shape index (κ1) is 22.4. The summed E-state index contributed by atoms with van der Waals surface area (Å²) >= 11 is 0. The molecule has 1 aliphatic rings. The van der Waals surface area contributed by atoms with Crippen LogP contribution < -0.4 is 0 Å². The van der Waals surface area contributed by atoms with E-state index in [1.165, 1.54) is 0 Å². The Morgan fingerprint density at radius 2 is 1.26 bits per heavy atom. The molecule has 0 aromatic rings. The standard InChI is InChI=1S/C16H22O11/c1-7(17)22-6-12(23-8(2)18)13-14(24-9(3)19)15(25-10(4)20)16(27-13)26-11(5)21/h12-16H,6H2,1-5H3/t12-,13+,14+,15-,16?/m1/s1. The summed E-state index contributed by atoms with van der Waals surface area (Å²) in [5.74, 6) is -3.62. The van der Waals surface area contributed by atoms with Gasteiger partial charge in [0.2, 0.25) is 12.4 Å². The number of ether oxygens (including phenoxy) is 6. The Labute approximate surface area is 155 Å². The molecule has 5 atom stereocenters. The topological polar surface area (TPSA) is 141 Å². The molecule has 0 saturated carbocycles. The first-order chi connectivity index (χ1) is 12.5. The highest BCUT2D eigenvalue weighted by Gasteiger charge is 2.55. The van der Waals surface area contributed by atoms with Crippen LogP contribution >= 0.6 is 0 Å². The summed E-state index contributed by atoms with van der Waals surface area (Å²) in [5, 5.41) is 0. The third-order valence-corrected chi connectivity index (χ3v) is 3.23. The van der Waals surface area contributed by atoms with E-state index in [1.807, 2.05) is 0 Å². The van der Waals surface area contributed by atoms with Crippen LogP contribution in [0.4, 0.5) is 0 Å². The van der Waals surface area contributed by atoms with Gasteiger partial charge in [0.15, 0.2) is 12.2 Å². The van der Waals surface area contributed by atoms with Gasteiger partial charge in [-0.2, -0.15) is 0 Å². The summed E-state index contributed by atoms with van der Waals surface area (Å²) in [6, 6.07) is 0. The highest BCUT2D eigenvalue weighted by molar-refractivity contribution is 5.69. The third kappa shape index (κ3) is 7.21. The molecule has 1 unspecified atom stereocenters. The molecule has 0 spiro atoms. The van der Waals surface area contributed by atoms with Crippen molar-refractivity contribution in [3.8, 4) is 0 Å². The smallest absolute Gasteiger partial charge is 0.305 e. The van der Waals surface area contributed by atoms with Gasteiger partial charge in [-0.15, -0.1) is 0 Å². The molecular weight excluding hydrogens is 368 g/mol. The summed E-state index contributed by atoms with van der Waals surface area (Å²) in [6.07, 6.45) is -6.46. The average Bonchev–Trinajstić information content (AvgIpc) is 2.79. The number of carbonyl (C=O) groups excluding carboxylic acids is 5. The normalized spacial score (nSPS) is 25.1. The predicted molar refractivity (Wildman–Crippen MR) is 83.7 cm³/mol. The first-order valence-corrected chi connectivity index (χ1v) is 7.99. The predicted octanol–water partition coefficient (Wildman–Crippen LogP) is -0.367. The van der Waals surface area contributed by atoms with E-state index in [1.54, 1.807) is 0 Å². The van der Waals surface area contributed by atoms with Crippen molar-refractivity contribution in [2.45, 2.75) is 65.3 Å². The molecule has 1 heterocycles. The zero-order valence-electron chi connectivity index (χ0n) is 15.6. The van der Waals surface area contributed by atoms with Gasteiger partial charge in [0.25, 0.3) is 0 Å². The molecule has 0 N–H and O–H groups in total. The van der Waals surface area contributed by atoms with E-state index < -0.39 is 67.2 Å². The van der Waals surface area contributed by atoms with Gasteiger partial charge in [-0.05, 0) is 0 Å². The molecule has 0 bridgehead atoms. The number of hydrogen-bond donors (Lipinski definition) is 0. The van der Waals surface area contributed by atoms with Gasteiger partial charge < -0.3 is 28.4 Å². The van der Waals surface area contributed by atoms with E-state index in [0.29, 0.717) is 0 Å². The Balaban J connectivity index is 3.20. The minimum Gasteiger partial charge on any atom is -0.462 e. The van der Waals surface area contributed by atoms with Crippen molar-refractivity contribution in [2.75, 3.05) is 6.61 Å². The van der Waals surface area contributed by atoms with Gasteiger partial charge in [0, 0.05) is 34.6 Å². The van der Waals surface area contributed by atoms with Gasteiger partial charge in [-0.25, -0.2) is 0 Å². The third-order valence-electron chi connectivity index (χ3n) is 3.23. The quantitative estimate of drug-likeness (QED) is 0.415. The van der Waals surface area contributed by atoms with Crippen molar-refractivity contribution in [1.29, 1.82) is 0 Å². The number of rotatable bonds is 7. The molecule has 0 aromatic carbocycles. The van der Waals surface area contributed by atoms with Crippen LogP contribution in [0.3, 0.4) is 0 Å². The molecule has 1 rings (SSSR count). The van der Waals surface area contributed by atoms with Crippen LogP contribution in [-0.2, 0) is 52.4 Å². The minimum absolute atomic E-state index is 0.420. The highest BCUT2D eigenvalue weighted by Crippen LogP contribution is 2.31. The molecule has 27 heavy (non-hydrogen) atoms. The van der Waals surface area contributed by atoms with Gasteiger partial charge in [0.05, 0.1) is 0 Å². The maximum Gasteiger partial charge on any atom is 0.305 e. The van der Waals surface area contributed by atoms with E-state index in [9.17, 15) is 24.0 Å². The van der Waals surface area contributed by atoms with Crippen molar-refractivity contribution >= 4 is 29.8 Å². The summed E-state index contributed by atoms with van der Waals surface area (Å²) in [6.45, 7) is 5.15. The molecule has 152 valence electrons. The number of esters is 5. The summed E-state index contributed by atoms with van der Waals surface area (Å²) in [7, 11) is 0. The van der Waals surface area contributed by atoms with E-state index in [0.717, 1.165) is 34.6 Å². The molecule has 0 aromatic heterocycles. The molecule has 1 aliphatic heterocycles. The lowest BCUT2D eigenvalue weighted by atomic mass is 10.1. The zero-order valence-corrected chi connectivity index (χ0v) is 15.6. The Bertz CT molecular complexity index is 599. The van der Waals surface area contributed by atoms with Crippen LogP contribution in [0.25, 0.3) is 0 Å². The molecule has 1 saturated heterocycles. The van der Waals surface area contributed by atoms with Gasteiger partial charge in [0.1, 0.15) is 12.7 Å². The molecular formula is C16H22O11. The lowest BCUT2D eigenvalue weighted by Crippen LogP contribution is -2.46. The van der Waals surface area contributed by atoms with E-state index in [4.69, 9.17) is 28.4 Å². The van der Waals surface area contributed by atoms with Crippen LogP contribution in [0, 0.1) is 0 Å². The Morgan fingerprint density at radius 1 is 0.741 bits per heavy atom. The number of carbonyl (C=O) groups is 5. The lowest BCUT2D eigenvalue weighted by Gasteiger charge is -2.27. The SMILES string of the molecule is CC(=O)OC[C@@H](OC(C)=O)[C@@H]1OC(OC(C)=O)[C@H](OC(C)=O)[C@H]1OC(C)=O. The van der Waals surface area contributed by atoms with Crippen LogP contribution in [0.2, 0.25) is 0 Å². The zero-order chi connectivity index (χ0) is 20.7. The van der Waals surface area contributed by atoms with Crippen LogP contribution in [-0.4, -0.2) is 67.2 Å². The minimum atomic E-state index is -1.42. The molecule has 11 nitrogen and oxygen atoms in total. The van der Waals surface area contributed by atoms with Crippen LogP contribution in [0.1, 0.15) is 34.6 Å². The van der Waals surface area contributed by atoms with E-state index in [-0.39, 0.29) is 0 Å². The van der Waals surface area contributed by atoms with Crippen LogP contribution in [0.5, 0.6) is 0 Å². The highest BCUT2D eigenvalue weighted by atomic mass is 16.8. The summed E-state index contributed by atoms with van der Waals surface area (Å²) < 4.78 is 30.7. The fourth-order valence-electron chi connectivity index (χ4n) is 2.46. The van der Waals surface area contributed by atoms with Crippen molar-refractivity contribution in [2.24, 2.45) is 0 Å². The number of hydrogen-bond acceptors (Lipinski definition) is 11. The van der Waals surface area contributed by atoms with Crippen molar-refractivity contribution in [3.05, 3.63) is 0 Å². The van der Waals surface area contributed by atoms with Gasteiger partial charge >= 0.3 is 29.8 Å². The maximum atomic E-state index is 11.5. The van der Waals surface area contributed by atoms with Crippen molar-refractivity contribution in [3.63, 3.8) is 0 Å². The summed E-state index contributed by atoms with van der Waals surface area (Å²) in [4.78, 5) is 56.7. The fourth-order valence-corrected chi connectivity index (χ4v) is 2.46. The first-order valence-electron chi connectivity index (χ1n) is 7.99. The monoisotopic (exact) mass is 390 g/mol. The second-order valence-corrected chi connectivity index (χ2v) is 5.68. The molecule has 0 radical (unpaired) electrons. The average molecular weight is 390 g/mol. The molecule has 0 aliphatic carbocycles. The molecule has 11 heteroatoms. The van der Waals surface area contributed by atoms with Crippen molar-refractivity contribution < 1.29 is 52.4 Å². The lowest BCUT2D eigenvalue weighted by molar-refractivity contribution is -0.203. The largest absolute Gasteiger partial charge is 0.462 e. The fraction of sp³-hybridized carbons (Fsp3) is 0.688.